The summed E-state index contributed by atoms with van der Waals surface area (Å²) in [7, 11) is 0. The van der Waals surface area contributed by atoms with E-state index in [-0.39, 0.29) is 30.4 Å². The van der Waals surface area contributed by atoms with Gasteiger partial charge >= 0.3 is 0 Å². The standard InChI is InChI=1S/C18H13F3N6/c19-13-6-2-1-4-10(13)9-27-17-11(5-3-7-22-17)14(26-27)16-23-15(24-25-16)12-8-18(12,20)21/h1-7,12H,8-9H2,(H,23,24,25). The van der Waals surface area contributed by atoms with Crippen LogP contribution in [0, 0.1) is 5.82 Å². The predicted molar refractivity (Wildman–Crippen MR) is 90.7 cm³/mol. The molecule has 1 aliphatic carbocycles. The van der Waals surface area contributed by atoms with Gasteiger partial charge in [-0.15, -0.1) is 0 Å². The van der Waals surface area contributed by atoms with E-state index < -0.39 is 11.8 Å². The van der Waals surface area contributed by atoms with Gasteiger partial charge in [0.15, 0.2) is 5.65 Å². The van der Waals surface area contributed by atoms with E-state index in [0.29, 0.717) is 22.3 Å². The maximum Gasteiger partial charge on any atom is 0.259 e. The fourth-order valence-corrected chi connectivity index (χ4v) is 3.12. The van der Waals surface area contributed by atoms with Crippen molar-refractivity contribution in [1.29, 1.82) is 0 Å². The van der Waals surface area contributed by atoms with Crippen LogP contribution in [-0.2, 0) is 6.54 Å². The Bertz CT molecular complexity index is 1150. The van der Waals surface area contributed by atoms with E-state index in [0.717, 1.165) is 0 Å². The Kier molecular flexibility index (Phi) is 3.33. The second-order valence-electron chi connectivity index (χ2n) is 6.53. The molecular weight excluding hydrogens is 357 g/mol. The highest BCUT2D eigenvalue weighted by atomic mass is 19.3. The molecule has 1 saturated carbocycles. The molecule has 1 unspecified atom stereocenters. The number of rotatable bonds is 4. The molecule has 4 aromatic rings. The van der Waals surface area contributed by atoms with Crippen LogP contribution in [0.15, 0.2) is 42.6 Å². The number of aromatic amines is 1. The number of aromatic nitrogens is 6. The van der Waals surface area contributed by atoms with Gasteiger partial charge < -0.3 is 0 Å². The van der Waals surface area contributed by atoms with Crippen LogP contribution in [-0.4, -0.2) is 35.9 Å². The third kappa shape index (κ3) is 2.66. The number of nitrogens with one attached hydrogen (secondary N) is 1. The molecule has 6 nitrogen and oxygen atoms in total. The molecule has 0 bridgehead atoms. The molecule has 1 aliphatic rings. The molecule has 1 fully saturated rings. The second-order valence-corrected chi connectivity index (χ2v) is 6.53. The van der Waals surface area contributed by atoms with Gasteiger partial charge in [-0.3, -0.25) is 5.10 Å². The molecule has 1 N–H and O–H groups in total. The van der Waals surface area contributed by atoms with Crippen LogP contribution in [0.4, 0.5) is 13.2 Å². The van der Waals surface area contributed by atoms with Gasteiger partial charge in [0.1, 0.15) is 17.3 Å². The Morgan fingerprint density at radius 2 is 2.00 bits per heavy atom. The Hall–Kier alpha value is -3.23. The Labute approximate surface area is 151 Å². The van der Waals surface area contributed by atoms with Gasteiger partial charge in [-0.2, -0.15) is 10.2 Å². The molecule has 0 aliphatic heterocycles. The maximum atomic E-state index is 14.0. The number of benzene rings is 1. The van der Waals surface area contributed by atoms with Crippen molar-refractivity contribution < 1.29 is 13.2 Å². The lowest BCUT2D eigenvalue weighted by molar-refractivity contribution is 0.111. The van der Waals surface area contributed by atoms with E-state index in [1.54, 1.807) is 41.2 Å². The van der Waals surface area contributed by atoms with Crippen molar-refractivity contribution in [3.05, 3.63) is 59.8 Å². The number of hydrogen-bond donors (Lipinski definition) is 1. The van der Waals surface area contributed by atoms with Gasteiger partial charge in [-0.1, -0.05) is 18.2 Å². The van der Waals surface area contributed by atoms with Crippen LogP contribution in [0.1, 0.15) is 23.7 Å². The van der Waals surface area contributed by atoms with Gasteiger partial charge in [-0.05, 0) is 18.2 Å². The summed E-state index contributed by atoms with van der Waals surface area (Å²) in [6.07, 6.45) is 1.38. The Morgan fingerprint density at radius 1 is 1.19 bits per heavy atom. The zero-order chi connectivity index (χ0) is 18.6. The van der Waals surface area contributed by atoms with Crippen molar-refractivity contribution in [2.75, 3.05) is 0 Å². The molecule has 1 aromatic carbocycles. The van der Waals surface area contributed by atoms with Crippen LogP contribution in [0.3, 0.4) is 0 Å². The minimum atomic E-state index is -2.73. The molecule has 5 rings (SSSR count). The van der Waals surface area contributed by atoms with Crippen LogP contribution in [0.5, 0.6) is 0 Å². The van der Waals surface area contributed by atoms with Crippen molar-refractivity contribution in [2.45, 2.75) is 24.8 Å². The summed E-state index contributed by atoms with van der Waals surface area (Å²) in [4.78, 5) is 8.52. The quantitative estimate of drug-likeness (QED) is 0.597. The number of pyridine rings is 1. The summed E-state index contributed by atoms with van der Waals surface area (Å²) in [5.41, 5.74) is 1.42. The topological polar surface area (TPSA) is 72.3 Å². The normalized spacial score (nSPS) is 18.1. The highest BCUT2D eigenvalue weighted by Crippen LogP contribution is 2.54. The van der Waals surface area contributed by atoms with Crippen LogP contribution < -0.4 is 0 Å². The van der Waals surface area contributed by atoms with Crippen molar-refractivity contribution in [3.63, 3.8) is 0 Å². The largest absolute Gasteiger partial charge is 0.262 e. The van der Waals surface area contributed by atoms with E-state index in [2.05, 4.69) is 25.3 Å². The van der Waals surface area contributed by atoms with Gasteiger partial charge in [0, 0.05) is 18.2 Å². The monoisotopic (exact) mass is 370 g/mol. The van der Waals surface area contributed by atoms with Gasteiger partial charge in [0.2, 0.25) is 5.82 Å². The summed E-state index contributed by atoms with van der Waals surface area (Å²) >= 11 is 0. The number of alkyl halides is 2. The zero-order valence-electron chi connectivity index (χ0n) is 13.9. The average molecular weight is 370 g/mol. The minimum Gasteiger partial charge on any atom is -0.262 e. The zero-order valence-corrected chi connectivity index (χ0v) is 13.9. The van der Waals surface area contributed by atoms with E-state index in [4.69, 9.17) is 0 Å². The highest BCUT2D eigenvalue weighted by molar-refractivity contribution is 5.89. The van der Waals surface area contributed by atoms with Crippen molar-refractivity contribution in [2.24, 2.45) is 0 Å². The number of H-pyrrole nitrogens is 1. The molecule has 1 atom stereocenters. The molecule has 136 valence electrons. The third-order valence-corrected chi connectivity index (χ3v) is 4.66. The molecule has 0 amide bonds. The molecule has 3 heterocycles. The summed E-state index contributed by atoms with van der Waals surface area (Å²) in [5.74, 6) is -3.63. The average Bonchev–Trinajstić information content (AvgIpc) is 3.02. The van der Waals surface area contributed by atoms with Crippen molar-refractivity contribution >= 4 is 11.0 Å². The van der Waals surface area contributed by atoms with Gasteiger partial charge in [0.05, 0.1) is 17.8 Å². The van der Waals surface area contributed by atoms with E-state index in [1.807, 2.05) is 0 Å². The number of halogens is 3. The fourth-order valence-electron chi connectivity index (χ4n) is 3.12. The van der Waals surface area contributed by atoms with Crippen LogP contribution in [0.2, 0.25) is 0 Å². The Morgan fingerprint density at radius 3 is 2.78 bits per heavy atom. The molecule has 0 spiro atoms. The molecule has 0 saturated heterocycles. The lowest BCUT2D eigenvalue weighted by Crippen LogP contribution is -2.04. The molecule has 9 heteroatoms. The van der Waals surface area contributed by atoms with Crippen LogP contribution in [0.25, 0.3) is 22.6 Å². The fraction of sp³-hybridized carbons (Fsp3) is 0.222. The number of nitrogens with zero attached hydrogens (tertiary/aromatic N) is 5. The molecule has 0 radical (unpaired) electrons. The second kappa shape index (κ2) is 5.63. The highest BCUT2D eigenvalue weighted by Gasteiger charge is 2.59. The lowest BCUT2D eigenvalue weighted by atomic mass is 10.2. The number of hydrogen-bond acceptors (Lipinski definition) is 4. The molecule has 27 heavy (non-hydrogen) atoms. The first-order valence-electron chi connectivity index (χ1n) is 8.38. The van der Waals surface area contributed by atoms with Crippen molar-refractivity contribution in [3.8, 4) is 11.5 Å². The first-order chi connectivity index (χ1) is 13.0. The first-order valence-corrected chi connectivity index (χ1v) is 8.38. The third-order valence-electron chi connectivity index (χ3n) is 4.66. The lowest BCUT2D eigenvalue weighted by Gasteiger charge is -2.04. The van der Waals surface area contributed by atoms with Crippen LogP contribution >= 0.6 is 0 Å². The van der Waals surface area contributed by atoms with Crippen molar-refractivity contribution in [1.82, 2.24) is 29.9 Å². The minimum absolute atomic E-state index is 0.149. The Balaban J connectivity index is 1.57. The predicted octanol–water partition coefficient (Wildman–Crippen LogP) is 3.53. The molecule has 3 aromatic heterocycles. The molecular formula is C18H13F3N6. The number of fused-ring (bicyclic) bond motifs is 1. The van der Waals surface area contributed by atoms with E-state index in [9.17, 15) is 13.2 Å². The summed E-state index contributed by atoms with van der Waals surface area (Å²) in [6, 6.07) is 9.95. The summed E-state index contributed by atoms with van der Waals surface area (Å²) < 4.78 is 42.1. The maximum absolute atomic E-state index is 14.0. The smallest absolute Gasteiger partial charge is 0.259 e. The summed E-state index contributed by atoms with van der Waals surface area (Å²) in [6.45, 7) is 0.179. The van der Waals surface area contributed by atoms with Gasteiger partial charge in [-0.25, -0.2) is 27.8 Å². The van der Waals surface area contributed by atoms with E-state index >= 15 is 0 Å². The first kappa shape index (κ1) is 16.0. The van der Waals surface area contributed by atoms with E-state index in [1.165, 1.54) is 6.07 Å². The SMILES string of the molecule is Fc1ccccc1Cn1nc(-c2n[nH]c(C3CC3(F)F)n2)c2cccnc21. The summed E-state index contributed by atoms with van der Waals surface area (Å²) in [5, 5.41) is 11.8. The van der Waals surface area contributed by atoms with Gasteiger partial charge in [0.25, 0.3) is 5.92 Å².